The first-order valence-electron chi connectivity index (χ1n) is 6.91. The third kappa shape index (κ3) is 5.01. The van der Waals surface area contributed by atoms with Crippen LogP contribution < -0.4 is 16.4 Å². The molecular formula is C15H23N3O2. The van der Waals surface area contributed by atoms with Gasteiger partial charge in [0.15, 0.2) is 0 Å². The summed E-state index contributed by atoms with van der Waals surface area (Å²) in [5.41, 5.74) is 7.04. The number of benzene rings is 1. The van der Waals surface area contributed by atoms with E-state index in [4.69, 9.17) is 5.73 Å². The van der Waals surface area contributed by atoms with Crippen LogP contribution in [0.15, 0.2) is 24.3 Å². The van der Waals surface area contributed by atoms with E-state index in [-0.39, 0.29) is 17.7 Å². The van der Waals surface area contributed by atoms with Crippen LogP contribution in [0.3, 0.4) is 0 Å². The van der Waals surface area contributed by atoms with E-state index < -0.39 is 6.04 Å². The van der Waals surface area contributed by atoms with Gasteiger partial charge in [-0.1, -0.05) is 33.3 Å². The Bertz CT molecular complexity index is 472. The Hall–Kier alpha value is -1.88. The smallest absolute Gasteiger partial charge is 0.241 e. The van der Waals surface area contributed by atoms with Gasteiger partial charge in [0, 0.05) is 17.3 Å². The van der Waals surface area contributed by atoms with E-state index in [2.05, 4.69) is 10.6 Å². The average molecular weight is 277 g/mol. The van der Waals surface area contributed by atoms with Crippen LogP contribution in [0.4, 0.5) is 11.4 Å². The van der Waals surface area contributed by atoms with Gasteiger partial charge < -0.3 is 16.4 Å². The molecule has 0 saturated carbocycles. The second kappa shape index (κ2) is 7.65. The molecule has 0 aromatic heterocycles. The van der Waals surface area contributed by atoms with E-state index in [1.165, 1.54) is 0 Å². The summed E-state index contributed by atoms with van der Waals surface area (Å²) in [5, 5.41) is 5.54. The largest absolute Gasteiger partial charge is 0.326 e. The number of amides is 2. The minimum atomic E-state index is -0.506. The Morgan fingerprint density at radius 2 is 1.70 bits per heavy atom. The van der Waals surface area contributed by atoms with Gasteiger partial charge in [0.25, 0.3) is 0 Å². The van der Waals surface area contributed by atoms with Crippen molar-refractivity contribution in [3.8, 4) is 0 Å². The van der Waals surface area contributed by atoms with Crippen LogP contribution in [0.2, 0.25) is 0 Å². The molecule has 1 atom stereocenters. The first kappa shape index (κ1) is 16.2. The summed E-state index contributed by atoms with van der Waals surface area (Å²) < 4.78 is 0. The van der Waals surface area contributed by atoms with Crippen LogP contribution in [0.1, 0.15) is 33.6 Å². The first-order valence-corrected chi connectivity index (χ1v) is 6.91. The number of hydrogen-bond donors (Lipinski definition) is 3. The Morgan fingerprint density at radius 3 is 2.20 bits per heavy atom. The van der Waals surface area contributed by atoms with Crippen molar-refractivity contribution in [3.63, 3.8) is 0 Å². The van der Waals surface area contributed by atoms with Gasteiger partial charge in [0.1, 0.15) is 0 Å². The molecule has 0 spiro atoms. The molecule has 0 aliphatic carbocycles. The normalized spacial score (nSPS) is 12.1. The number of nitrogens with one attached hydrogen (secondary N) is 2. The summed E-state index contributed by atoms with van der Waals surface area (Å²) in [7, 11) is 0. The van der Waals surface area contributed by atoms with Crippen molar-refractivity contribution in [1.82, 2.24) is 0 Å². The topological polar surface area (TPSA) is 84.2 Å². The van der Waals surface area contributed by atoms with Crippen molar-refractivity contribution in [3.05, 3.63) is 24.3 Å². The van der Waals surface area contributed by atoms with Gasteiger partial charge in [0.05, 0.1) is 6.04 Å². The molecule has 1 aromatic carbocycles. The molecule has 20 heavy (non-hydrogen) atoms. The van der Waals surface area contributed by atoms with Crippen LogP contribution in [0.25, 0.3) is 0 Å². The zero-order chi connectivity index (χ0) is 15.1. The zero-order valence-corrected chi connectivity index (χ0v) is 12.3. The van der Waals surface area contributed by atoms with E-state index in [0.29, 0.717) is 17.8 Å². The van der Waals surface area contributed by atoms with Gasteiger partial charge in [-0.15, -0.1) is 0 Å². The molecule has 5 nitrogen and oxygen atoms in total. The second-order valence-electron chi connectivity index (χ2n) is 5.11. The van der Waals surface area contributed by atoms with E-state index in [1.807, 2.05) is 20.8 Å². The summed E-state index contributed by atoms with van der Waals surface area (Å²) in [6.07, 6.45) is 1.51. The molecule has 0 heterocycles. The Balaban J connectivity index is 2.68. The fraction of sp³-hybridized carbons (Fsp3) is 0.467. The Labute approximate surface area is 119 Å². The lowest BCUT2D eigenvalue weighted by molar-refractivity contribution is -0.119. The molecule has 2 amide bonds. The van der Waals surface area contributed by atoms with Crippen molar-refractivity contribution >= 4 is 23.2 Å². The fourth-order valence-corrected chi connectivity index (χ4v) is 1.64. The summed E-state index contributed by atoms with van der Waals surface area (Å²) in [4.78, 5) is 23.4. The van der Waals surface area contributed by atoms with Gasteiger partial charge >= 0.3 is 0 Å². The van der Waals surface area contributed by atoms with Crippen molar-refractivity contribution in [2.24, 2.45) is 11.7 Å². The monoisotopic (exact) mass is 277 g/mol. The number of carbonyl (C=O) groups is 2. The van der Waals surface area contributed by atoms with Crippen molar-refractivity contribution in [2.75, 3.05) is 10.6 Å². The summed E-state index contributed by atoms with van der Waals surface area (Å²) in [6.45, 7) is 5.63. The predicted octanol–water partition coefficient (Wildman–Crippen LogP) is 2.35. The molecule has 110 valence electrons. The standard InChI is InChI=1S/C15H23N3O2/c1-4-6-13(16)15(20)18-12-8-5-7-11(9-12)17-14(19)10(2)3/h5,7-10,13H,4,6,16H2,1-3H3,(H,17,19)(H,18,20)/t13-/m0/s1. The van der Waals surface area contributed by atoms with Gasteiger partial charge in [-0.25, -0.2) is 0 Å². The number of anilines is 2. The van der Waals surface area contributed by atoms with Crippen LogP contribution in [-0.2, 0) is 9.59 Å². The van der Waals surface area contributed by atoms with Crippen LogP contribution >= 0.6 is 0 Å². The first-order chi connectivity index (χ1) is 9.43. The number of hydrogen-bond acceptors (Lipinski definition) is 3. The van der Waals surface area contributed by atoms with E-state index in [9.17, 15) is 9.59 Å². The lowest BCUT2D eigenvalue weighted by atomic mass is 10.1. The highest BCUT2D eigenvalue weighted by molar-refractivity contribution is 5.96. The molecule has 0 aliphatic rings. The zero-order valence-electron chi connectivity index (χ0n) is 12.3. The predicted molar refractivity (Wildman–Crippen MR) is 81.4 cm³/mol. The average Bonchev–Trinajstić information content (AvgIpc) is 2.39. The lowest BCUT2D eigenvalue weighted by Gasteiger charge is -2.13. The maximum Gasteiger partial charge on any atom is 0.241 e. The maximum absolute atomic E-state index is 11.8. The molecule has 5 heteroatoms. The van der Waals surface area contributed by atoms with E-state index >= 15 is 0 Å². The lowest BCUT2D eigenvalue weighted by Crippen LogP contribution is -2.35. The summed E-state index contributed by atoms with van der Waals surface area (Å²) in [6, 6.07) is 6.53. The molecule has 1 aromatic rings. The van der Waals surface area contributed by atoms with Gasteiger partial charge in [-0.3, -0.25) is 9.59 Å². The highest BCUT2D eigenvalue weighted by Crippen LogP contribution is 2.16. The number of nitrogens with two attached hydrogens (primary N) is 1. The SMILES string of the molecule is CCC[C@H](N)C(=O)Nc1cccc(NC(=O)C(C)C)c1. The van der Waals surface area contributed by atoms with Gasteiger partial charge in [0.2, 0.25) is 11.8 Å². The minimum Gasteiger partial charge on any atom is -0.326 e. The fourth-order valence-electron chi connectivity index (χ4n) is 1.64. The summed E-state index contributed by atoms with van der Waals surface area (Å²) in [5.74, 6) is -0.360. The maximum atomic E-state index is 11.8. The van der Waals surface area contributed by atoms with Crippen molar-refractivity contribution in [1.29, 1.82) is 0 Å². The Morgan fingerprint density at radius 1 is 1.15 bits per heavy atom. The van der Waals surface area contributed by atoms with Crippen LogP contribution in [-0.4, -0.2) is 17.9 Å². The van der Waals surface area contributed by atoms with Crippen LogP contribution in [0.5, 0.6) is 0 Å². The molecule has 4 N–H and O–H groups in total. The number of carbonyl (C=O) groups excluding carboxylic acids is 2. The van der Waals surface area contributed by atoms with E-state index in [1.54, 1.807) is 24.3 Å². The minimum absolute atomic E-state index is 0.0591. The molecule has 0 radical (unpaired) electrons. The Kier molecular flexibility index (Phi) is 6.18. The van der Waals surface area contributed by atoms with Crippen molar-refractivity contribution in [2.45, 2.75) is 39.7 Å². The highest BCUT2D eigenvalue weighted by Gasteiger charge is 2.13. The van der Waals surface area contributed by atoms with E-state index in [0.717, 1.165) is 6.42 Å². The highest BCUT2D eigenvalue weighted by atomic mass is 16.2. The summed E-state index contributed by atoms with van der Waals surface area (Å²) >= 11 is 0. The second-order valence-corrected chi connectivity index (χ2v) is 5.11. The third-order valence-corrected chi connectivity index (χ3v) is 2.86. The number of rotatable bonds is 6. The van der Waals surface area contributed by atoms with Crippen LogP contribution in [0, 0.1) is 5.92 Å². The molecule has 0 saturated heterocycles. The van der Waals surface area contributed by atoms with Gasteiger partial charge in [-0.2, -0.15) is 0 Å². The van der Waals surface area contributed by atoms with Gasteiger partial charge in [-0.05, 0) is 24.6 Å². The molecule has 0 bridgehead atoms. The molecule has 1 rings (SSSR count). The molecular weight excluding hydrogens is 254 g/mol. The quantitative estimate of drug-likeness (QED) is 0.746. The molecule has 0 fully saturated rings. The molecule has 0 unspecified atom stereocenters. The molecule has 0 aliphatic heterocycles. The van der Waals surface area contributed by atoms with Crippen molar-refractivity contribution < 1.29 is 9.59 Å². The third-order valence-electron chi connectivity index (χ3n) is 2.86.